The molecule has 1 amide bonds. The van der Waals surface area contributed by atoms with Crippen LogP contribution in [0.15, 0.2) is 47.3 Å². The first-order chi connectivity index (χ1) is 9.22. The number of carbonyl (C=O) groups is 1. The fourth-order valence-electron chi connectivity index (χ4n) is 1.99. The lowest BCUT2D eigenvalue weighted by atomic mass is 10.1. The molecule has 2 aromatic rings. The first-order valence-electron chi connectivity index (χ1n) is 6.38. The highest BCUT2D eigenvalue weighted by molar-refractivity contribution is 6.04. The van der Waals surface area contributed by atoms with Gasteiger partial charge in [-0.3, -0.25) is 4.79 Å². The molecule has 19 heavy (non-hydrogen) atoms. The third-order valence-electron chi connectivity index (χ3n) is 2.97. The van der Waals surface area contributed by atoms with Crippen molar-refractivity contribution in [3.8, 4) is 0 Å². The lowest BCUT2D eigenvalue weighted by Gasteiger charge is -2.17. The van der Waals surface area contributed by atoms with Crippen molar-refractivity contribution in [3.63, 3.8) is 0 Å². The van der Waals surface area contributed by atoms with Gasteiger partial charge >= 0.3 is 0 Å². The second-order valence-corrected chi connectivity index (χ2v) is 4.33. The van der Waals surface area contributed by atoms with Gasteiger partial charge in [-0.1, -0.05) is 25.1 Å². The van der Waals surface area contributed by atoms with Crippen molar-refractivity contribution in [2.45, 2.75) is 19.9 Å². The molecule has 0 saturated heterocycles. The van der Waals surface area contributed by atoms with Crippen molar-refractivity contribution in [2.24, 2.45) is 0 Å². The zero-order chi connectivity index (χ0) is 13.7. The predicted molar refractivity (Wildman–Crippen MR) is 75.2 cm³/mol. The average Bonchev–Trinajstić information content (AvgIpc) is 2.93. The highest BCUT2D eigenvalue weighted by Gasteiger charge is 2.13. The topological polar surface area (TPSA) is 54.3 Å². The molecule has 2 N–H and O–H groups in total. The third kappa shape index (κ3) is 3.23. The molecule has 1 unspecified atom stereocenters. The fourth-order valence-corrected chi connectivity index (χ4v) is 1.99. The van der Waals surface area contributed by atoms with Gasteiger partial charge in [0.05, 0.1) is 11.8 Å². The van der Waals surface area contributed by atoms with Crippen LogP contribution in [0.3, 0.4) is 0 Å². The van der Waals surface area contributed by atoms with Gasteiger partial charge in [0.15, 0.2) is 0 Å². The molecule has 0 aliphatic carbocycles. The summed E-state index contributed by atoms with van der Waals surface area (Å²) in [6.45, 7) is 5.01. The van der Waals surface area contributed by atoms with Crippen LogP contribution in [0.5, 0.6) is 0 Å². The fraction of sp³-hybridized carbons (Fsp3) is 0.267. The van der Waals surface area contributed by atoms with E-state index in [9.17, 15) is 4.79 Å². The Balaban J connectivity index is 2.18. The molecule has 2 rings (SSSR count). The number of carbonyl (C=O) groups excluding carboxylic acids is 1. The molecule has 100 valence electrons. The summed E-state index contributed by atoms with van der Waals surface area (Å²) in [7, 11) is 0. The summed E-state index contributed by atoms with van der Waals surface area (Å²) >= 11 is 0. The zero-order valence-electron chi connectivity index (χ0n) is 11.1. The quantitative estimate of drug-likeness (QED) is 0.866. The van der Waals surface area contributed by atoms with Gasteiger partial charge in [-0.05, 0) is 31.2 Å². The van der Waals surface area contributed by atoms with Crippen LogP contribution in [-0.4, -0.2) is 12.5 Å². The maximum absolute atomic E-state index is 12.0. The van der Waals surface area contributed by atoms with Crippen molar-refractivity contribution >= 4 is 11.6 Å². The van der Waals surface area contributed by atoms with Gasteiger partial charge in [-0.15, -0.1) is 0 Å². The second-order valence-electron chi connectivity index (χ2n) is 4.33. The molecule has 0 bridgehead atoms. The molecule has 4 nitrogen and oxygen atoms in total. The normalized spacial score (nSPS) is 12.1. The van der Waals surface area contributed by atoms with E-state index in [-0.39, 0.29) is 11.9 Å². The van der Waals surface area contributed by atoms with E-state index in [1.54, 1.807) is 6.07 Å². The van der Waals surface area contributed by atoms with Crippen LogP contribution in [0.25, 0.3) is 0 Å². The molecule has 0 spiro atoms. The number of nitrogens with one attached hydrogen (secondary N) is 2. The Bertz CT molecular complexity index is 535. The van der Waals surface area contributed by atoms with E-state index in [0.717, 1.165) is 17.8 Å². The van der Waals surface area contributed by atoms with E-state index in [2.05, 4.69) is 24.5 Å². The molecule has 1 atom stereocenters. The minimum atomic E-state index is -0.162. The maximum Gasteiger partial charge on any atom is 0.258 e. The van der Waals surface area contributed by atoms with Crippen LogP contribution in [0.1, 0.15) is 35.8 Å². The Hall–Kier alpha value is -2.07. The largest absolute Gasteiger partial charge is 0.472 e. The number of anilines is 1. The summed E-state index contributed by atoms with van der Waals surface area (Å²) in [5.74, 6) is -0.162. The Morgan fingerprint density at radius 1 is 1.32 bits per heavy atom. The molecule has 0 aliphatic heterocycles. The van der Waals surface area contributed by atoms with Crippen LogP contribution < -0.4 is 10.6 Å². The lowest BCUT2D eigenvalue weighted by molar-refractivity contribution is 0.102. The van der Waals surface area contributed by atoms with Crippen LogP contribution in [-0.2, 0) is 0 Å². The highest BCUT2D eigenvalue weighted by Crippen LogP contribution is 2.23. The van der Waals surface area contributed by atoms with Gasteiger partial charge in [-0.2, -0.15) is 0 Å². The van der Waals surface area contributed by atoms with E-state index in [1.165, 1.54) is 12.5 Å². The molecule has 1 heterocycles. The summed E-state index contributed by atoms with van der Waals surface area (Å²) in [6, 6.07) is 9.63. The van der Waals surface area contributed by atoms with Gasteiger partial charge in [-0.25, -0.2) is 0 Å². The van der Waals surface area contributed by atoms with Crippen LogP contribution >= 0.6 is 0 Å². The molecule has 0 radical (unpaired) electrons. The van der Waals surface area contributed by atoms with E-state index < -0.39 is 0 Å². The number of rotatable bonds is 5. The van der Waals surface area contributed by atoms with Crippen molar-refractivity contribution < 1.29 is 9.21 Å². The number of hydrogen-bond acceptors (Lipinski definition) is 3. The average molecular weight is 258 g/mol. The smallest absolute Gasteiger partial charge is 0.258 e. The first-order valence-corrected chi connectivity index (χ1v) is 6.38. The number of para-hydroxylation sites is 1. The summed E-state index contributed by atoms with van der Waals surface area (Å²) < 4.78 is 4.92. The molecular weight excluding hydrogens is 240 g/mol. The van der Waals surface area contributed by atoms with Gasteiger partial charge in [0.2, 0.25) is 0 Å². The second kappa shape index (κ2) is 6.20. The highest BCUT2D eigenvalue weighted by atomic mass is 16.3. The van der Waals surface area contributed by atoms with Crippen LogP contribution in [0, 0.1) is 0 Å². The number of amides is 1. The van der Waals surface area contributed by atoms with Gasteiger partial charge in [0.25, 0.3) is 5.91 Å². The van der Waals surface area contributed by atoms with Crippen LogP contribution in [0.2, 0.25) is 0 Å². The van der Waals surface area contributed by atoms with Gasteiger partial charge in [0.1, 0.15) is 6.26 Å². The van der Waals surface area contributed by atoms with E-state index in [1.807, 2.05) is 24.3 Å². The number of hydrogen-bond donors (Lipinski definition) is 2. The maximum atomic E-state index is 12.0. The summed E-state index contributed by atoms with van der Waals surface area (Å²) in [6.07, 6.45) is 2.92. The molecular formula is C15H18N2O2. The summed E-state index contributed by atoms with van der Waals surface area (Å²) in [5, 5.41) is 6.25. The first kappa shape index (κ1) is 13.4. The summed E-state index contributed by atoms with van der Waals surface area (Å²) in [5.41, 5.74) is 2.41. The molecule has 0 aliphatic rings. The van der Waals surface area contributed by atoms with Crippen LogP contribution in [0.4, 0.5) is 5.69 Å². The number of benzene rings is 1. The monoisotopic (exact) mass is 258 g/mol. The Labute approximate surface area is 112 Å². The Kier molecular flexibility index (Phi) is 4.36. The molecule has 0 saturated carbocycles. The lowest BCUT2D eigenvalue weighted by Crippen LogP contribution is -2.20. The van der Waals surface area contributed by atoms with Gasteiger partial charge < -0.3 is 15.1 Å². The zero-order valence-corrected chi connectivity index (χ0v) is 11.1. The molecule has 4 heteroatoms. The molecule has 1 aromatic carbocycles. The summed E-state index contributed by atoms with van der Waals surface area (Å²) in [4.78, 5) is 12.0. The predicted octanol–water partition coefficient (Wildman–Crippen LogP) is 3.20. The Morgan fingerprint density at radius 2 is 2.11 bits per heavy atom. The standard InChI is InChI=1S/C15H18N2O2/c1-3-16-11(2)13-6-4-5-7-14(13)17-15(18)12-8-9-19-10-12/h4-11,16H,3H2,1-2H3,(H,17,18). The van der Waals surface area contributed by atoms with Gasteiger partial charge in [0, 0.05) is 11.7 Å². The van der Waals surface area contributed by atoms with Crippen molar-refractivity contribution in [1.82, 2.24) is 5.32 Å². The minimum absolute atomic E-state index is 0.162. The SMILES string of the molecule is CCNC(C)c1ccccc1NC(=O)c1ccoc1. The van der Waals surface area contributed by atoms with E-state index in [0.29, 0.717) is 5.56 Å². The van der Waals surface area contributed by atoms with E-state index >= 15 is 0 Å². The van der Waals surface area contributed by atoms with Crippen molar-refractivity contribution in [3.05, 3.63) is 54.0 Å². The third-order valence-corrected chi connectivity index (χ3v) is 2.97. The van der Waals surface area contributed by atoms with Crippen molar-refractivity contribution in [2.75, 3.05) is 11.9 Å². The molecule has 0 fully saturated rings. The minimum Gasteiger partial charge on any atom is -0.472 e. The Morgan fingerprint density at radius 3 is 2.79 bits per heavy atom. The molecule has 1 aromatic heterocycles. The number of furan rings is 1. The van der Waals surface area contributed by atoms with Crippen molar-refractivity contribution in [1.29, 1.82) is 0 Å². The van der Waals surface area contributed by atoms with E-state index in [4.69, 9.17) is 4.42 Å².